The number of piperidine rings is 1. The first-order chi connectivity index (χ1) is 13.6. The highest BCUT2D eigenvalue weighted by Gasteiger charge is 2.38. The van der Waals surface area contributed by atoms with Crippen molar-refractivity contribution in [3.8, 4) is 0 Å². The van der Waals surface area contributed by atoms with E-state index < -0.39 is 0 Å². The van der Waals surface area contributed by atoms with Gasteiger partial charge in [0.1, 0.15) is 5.82 Å². The number of para-hydroxylation sites is 1. The van der Waals surface area contributed by atoms with E-state index in [9.17, 15) is 9.59 Å². The number of fused-ring (bicyclic) bond motifs is 2. The van der Waals surface area contributed by atoms with Gasteiger partial charge in [0.2, 0.25) is 5.91 Å². The van der Waals surface area contributed by atoms with Gasteiger partial charge in [0.05, 0.1) is 11.5 Å². The van der Waals surface area contributed by atoms with Gasteiger partial charge in [-0.25, -0.2) is 0 Å². The van der Waals surface area contributed by atoms with Crippen molar-refractivity contribution in [1.29, 1.82) is 0 Å². The summed E-state index contributed by atoms with van der Waals surface area (Å²) in [5, 5.41) is 11.1. The first kappa shape index (κ1) is 16.9. The highest BCUT2D eigenvalue weighted by Crippen LogP contribution is 2.41. The summed E-state index contributed by atoms with van der Waals surface area (Å²) in [4.78, 5) is 27.3. The lowest BCUT2D eigenvalue weighted by molar-refractivity contribution is -0.118. The Balaban J connectivity index is 1.31. The van der Waals surface area contributed by atoms with Gasteiger partial charge in [0.15, 0.2) is 5.65 Å². The van der Waals surface area contributed by atoms with E-state index in [1.165, 1.54) is 0 Å². The number of hydrogen-bond donors (Lipinski definition) is 1. The van der Waals surface area contributed by atoms with Crippen LogP contribution in [0.2, 0.25) is 0 Å². The Hall–Kier alpha value is -3.22. The lowest BCUT2D eigenvalue weighted by Crippen LogP contribution is -2.40. The fourth-order valence-electron chi connectivity index (χ4n) is 4.45. The van der Waals surface area contributed by atoms with Crippen molar-refractivity contribution in [3.05, 3.63) is 59.5 Å². The Morgan fingerprint density at radius 1 is 1.11 bits per heavy atom. The minimum atomic E-state index is -0.107. The summed E-state index contributed by atoms with van der Waals surface area (Å²) in [6.07, 6.45) is 3.46. The summed E-state index contributed by atoms with van der Waals surface area (Å²) in [6.45, 7) is 3.19. The molecule has 2 aliphatic rings. The SMILES string of the molecule is Cc1nnc2ccc(C(=O)N3CCC(C4C(=O)Nc5ccccc54)CC3)cn12. The summed E-state index contributed by atoms with van der Waals surface area (Å²) in [5.41, 5.74) is 3.39. The van der Waals surface area contributed by atoms with Crippen LogP contribution in [-0.4, -0.2) is 44.4 Å². The average molecular weight is 375 g/mol. The Morgan fingerprint density at radius 2 is 1.89 bits per heavy atom. The van der Waals surface area contributed by atoms with Crippen molar-refractivity contribution >= 4 is 23.1 Å². The normalized spacial score (nSPS) is 19.7. The molecule has 1 fully saturated rings. The lowest BCUT2D eigenvalue weighted by Gasteiger charge is -2.34. The van der Waals surface area contributed by atoms with E-state index in [1.54, 1.807) is 12.3 Å². The molecule has 1 atom stereocenters. The summed E-state index contributed by atoms with van der Waals surface area (Å²) < 4.78 is 1.83. The average Bonchev–Trinajstić information content (AvgIpc) is 3.26. The maximum absolute atomic E-state index is 13.0. The van der Waals surface area contributed by atoms with Crippen LogP contribution in [0.4, 0.5) is 5.69 Å². The molecule has 0 radical (unpaired) electrons. The molecule has 142 valence electrons. The summed E-state index contributed by atoms with van der Waals surface area (Å²) >= 11 is 0. The molecular weight excluding hydrogens is 354 g/mol. The summed E-state index contributed by atoms with van der Waals surface area (Å²) in [5.74, 6) is 1.01. The predicted octanol–water partition coefficient (Wildman–Crippen LogP) is 2.63. The van der Waals surface area contributed by atoms with Crippen molar-refractivity contribution in [1.82, 2.24) is 19.5 Å². The van der Waals surface area contributed by atoms with Gasteiger partial charge >= 0.3 is 0 Å². The largest absolute Gasteiger partial charge is 0.339 e. The van der Waals surface area contributed by atoms with Crippen LogP contribution in [0.25, 0.3) is 5.65 Å². The molecule has 1 N–H and O–H groups in total. The van der Waals surface area contributed by atoms with Gasteiger partial charge in [0, 0.05) is 25.0 Å². The molecule has 28 heavy (non-hydrogen) atoms. The number of carbonyl (C=O) groups is 2. The number of likely N-dealkylation sites (tertiary alicyclic amines) is 1. The molecule has 0 aliphatic carbocycles. The van der Waals surface area contributed by atoms with Crippen LogP contribution in [0.1, 0.15) is 40.5 Å². The lowest BCUT2D eigenvalue weighted by atomic mass is 9.80. The first-order valence-electron chi connectivity index (χ1n) is 9.62. The summed E-state index contributed by atoms with van der Waals surface area (Å²) in [6, 6.07) is 11.5. The number of hydrogen-bond acceptors (Lipinski definition) is 4. The number of rotatable bonds is 2. The van der Waals surface area contributed by atoms with Gasteiger partial charge in [-0.1, -0.05) is 18.2 Å². The third-order valence-corrected chi connectivity index (χ3v) is 5.95. The van der Waals surface area contributed by atoms with E-state index in [0.29, 0.717) is 18.7 Å². The number of anilines is 1. The molecule has 7 heteroatoms. The van der Waals surface area contributed by atoms with Crippen molar-refractivity contribution in [2.45, 2.75) is 25.7 Å². The van der Waals surface area contributed by atoms with Gasteiger partial charge < -0.3 is 10.2 Å². The van der Waals surface area contributed by atoms with Crippen LogP contribution in [0.3, 0.4) is 0 Å². The van der Waals surface area contributed by atoms with E-state index in [4.69, 9.17) is 0 Å². The predicted molar refractivity (Wildman–Crippen MR) is 104 cm³/mol. The number of aromatic nitrogens is 3. The number of amides is 2. The van der Waals surface area contributed by atoms with Crippen LogP contribution >= 0.6 is 0 Å². The van der Waals surface area contributed by atoms with Crippen molar-refractivity contribution < 1.29 is 9.59 Å². The second-order valence-electron chi connectivity index (χ2n) is 7.58. The van der Waals surface area contributed by atoms with E-state index in [2.05, 4.69) is 15.5 Å². The van der Waals surface area contributed by atoms with Gasteiger partial charge in [-0.3, -0.25) is 14.0 Å². The molecule has 3 aromatic rings. The molecule has 2 aliphatic heterocycles. The van der Waals surface area contributed by atoms with Gasteiger partial charge in [-0.15, -0.1) is 10.2 Å². The summed E-state index contributed by atoms with van der Waals surface area (Å²) in [7, 11) is 0. The third kappa shape index (κ3) is 2.66. The number of pyridine rings is 1. The molecule has 1 unspecified atom stereocenters. The van der Waals surface area contributed by atoms with Crippen molar-refractivity contribution in [3.63, 3.8) is 0 Å². The maximum Gasteiger partial charge on any atom is 0.255 e. The maximum atomic E-state index is 13.0. The minimum Gasteiger partial charge on any atom is -0.339 e. The second-order valence-corrected chi connectivity index (χ2v) is 7.58. The Kier molecular flexibility index (Phi) is 3.89. The molecule has 0 saturated carbocycles. The van der Waals surface area contributed by atoms with E-state index in [-0.39, 0.29) is 23.7 Å². The molecule has 2 amide bonds. The first-order valence-corrected chi connectivity index (χ1v) is 9.62. The Labute approximate surface area is 162 Å². The van der Waals surface area contributed by atoms with Crippen LogP contribution < -0.4 is 5.32 Å². The standard InChI is InChI=1S/C21H21N5O2/c1-13-23-24-18-7-6-15(12-26(13)18)21(28)25-10-8-14(9-11-25)19-16-4-2-3-5-17(16)22-20(19)27/h2-7,12,14,19H,8-11H2,1H3,(H,22,27). The van der Waals surface area contributed by atoms with Crippen LogP contribution in [0.15, 0.2) is 42.6 Å². The molecule has 4 heterocycles. The number of nitrogens with one attached hydrogen (secondary N) is 1. The fourth-order valence-corrected chi connectivity index (χ4v) is 4.45. The highest BCUT2D eigenvalue weighted by atomic mass is 16.2. The van der Waals surface area contributed by atoms with Gasteiger partial charge in [-0.05, 0) is 49.4 Å². The van der Waals surface area contributed by atoms with E-state index in [1.807, 2.05) is 46.6 Å². The van der Waals surface area contributed by atoms with Crippen LogP contribution in [-0.2, 0) is 4.79 Å². The highest BCUT2D eigenvalue weighted by molar-refractivity contribution is 6.03. The van der Waals surface area contributed by atoms with E-state index in [0.717, 1.165) is 35.6 Å². The van der Waals surface area contributed by atoms with Crippen LogP contribution in [0.5, 0.6) is 0 Å². The Morgan fingerprint density at radius 3 is 2.71 bits per heavy atom. The Bertz CT molecular complexity index is 1080. The fraction of sp³-hybridized carbons (Fsp3) is 0.333. The zero-order valence-electron chi connectivity index (χ0n) is 15.6. The van der Waals surface area contributed by atoms with E-state index >= 15 is 0 Å². The molecule has 0 spiro atoms. The number of nitrogens with zero attached hydrogens (tertiary/aromatic N) is 4. The molecule has 5 rings (SSSR count). The minimum absolute atomic E-state index is 0.0183. The number of carbonyl (C=O) groups excluding carboxylic acids is 2. The molecule has 1 aromatic carbocycles. The smallest absolute Gasteiger partial charge is 0.255 e. The molecule has 7 nitrogen and oxygen atoms in total. The second kappa shape index (κ2) is 6.44. The van der Waals surface area contributed by atoms with Gasteiger partial charge in [-0.2, -0.15) is 0 Å². The topological polar surface area (TPSA) is 79.6 Å². The molecular formula is C21H21N5O2. The van der Waals surface area contributed by atoms with Crippen molar-refractivity contribution in [2.24, 2.45) is 5.92 Å². The number of aryl methyl sites for hydroxylation is 1. The zero-order valence-corrected chi connectivity index (χ0v) is 15.6. The third-order valence-electron chi connectivity index (χ3n) is 5.95. The number of benzene rings is 1. The van der Waals surface area contributed by atoms with Gasteiger partial charge in [0.25, 0.3) is 5.91 Å². The molecule has 2 aromatic heterocycles. The zero-order chi connectivity index (χ0) is 19.3. The van der Waals surface area contributed by atoms with Crippen molar-refractivity contribution in [2.75, 3.05) is 18.4 Å². The molecule has 1 saturated heterocycles. The molecule has 0 bridgehead atoms. The monoisotopic (exact) mass is 375 g/mol. The quantitative estimate of drug-likeness (QED) is 0.747. The van der Waals surface area contributed by atoms with Crippen LogP contribution in [0, 0.1) is 12.8 Å².